The van der Waals surface area contributed by atoms with E-state index in [0.29, 0.717) is 13.2 Å². The topological polar surface area (TPSA) is 65.0 Å². The first-order chi connectivity index (χ1) is 10.1. The number of rotatable bonds is 10. The molecule has 0 radical (unpaired) electrons. The highest BCUT2D eigenvalue weighted by Gasteiger charge is 2.14. The van der Waals surface area contributed by atoms with Gasteiger partial charge in [-0.25, -0.2) is 0 Å². The van der Waals surface area contributed by atoms with Crippen molar-refractivity contribution in [3.63, 3.8) is 0 Å². The van der Waals surface area contributed by atoms with Crippen molar-refractivity contribution in [2.75, 3.05) is 26.4 Å². The van der Waals surface area contributed by atoms with Crippen LogP contribution in [0.5, 0.6) is 5.75 Å². The minimum absolute atomic E-state index is 0.0390. The monoisotopic (exact) mass is 296 g/mol. The summed E-state index contributed by atoms with van der Waals surface area (Å²) < 4.78 is 15.7. The molecule has 0 aliphatic heterocycles. The number of benzene rings is 1. The molecule has 0 saturated carbocycles. The third kappa shape index (κ3) is 7.68. The number of aliphatic hydroxyl groups excluding tert-OH is 1. The Bertz CT molecular complexity index is 393. The molecular formula is C16H24O5. The number of hydrogen-bond acceptors (Lipinski definition) is 5. The largest absolute Gasteiger partial charge is 0.491 e. The number of hydrogen-bond donors (Lipinski definition) is 1. The maximum absolute atomic E-state index is 11.4. The Morgan fingerprint density at radius 1 is 1.19 bits per heavy atom. The first kappa shape index (κ1) is 17.5. The Hall–Kier alpha value is -1.59. The van der Waals surface area contributed by atoms with Gasteiger partial charge in [-0.2, -0.15) is 0 Å². The summed E-state index contributed by atoms with van der Waals surface area (Å²) in [5, 5.41) is 9.63. The average molecular weight is 296 g/mol. The summed E-state index contributed by atoms with van der Waals surface area (Å²) >= 11 is 0. The van der Waals surface area contributed by atoms with Crippen molar-refractivity contribution < 1.29 is 24.1 Å². The van der Waals surface area contributed by atoms with Crippen LogP contribution in [0.25, 0.3) is 0 Å². The normalized spacial score (nSPS) is 13.5. The van der Waals surface area contributed by atoms with E-state index in [1.165, 1.54) is 0 Å². The lowest BCUT2D eigenvalue weighted by molar-refractivity contribution is -0.152. The zero-order valence-corrected chi connectivity index (χ0v) is 12.7. The SMILES string of the molecule is CCC(C)C(=O)OCC(O)COCCOc1ccccc1. The maximum Gasteiger partial charge on any atom is 0.308 e. The third-order valence-corrected chi connectivity index (χ3v) is 2.98. The predicted molar refractivity (Wildman–Crippen MR) is 79.2 cm³/mol. The molecule has 0 saturated heterocycles. The minimum Gasteiger partial charge on any atom is -0.491 e. The number of aliphatic hydroxyl groups is 1. The summed E-state index contributed by atoms with van der Waals surface area (Å²) in [6, 6.07) is 9.43. The number of esters is 1. The standard InChI is InChI=1S/C16H24O5/c1-3-13(2)16(18)21-12-14(17)11-19-9-10-20-15-7-5-4-6-8-15/h4-8,13-14,17H,3,9-12H2,1-2H3. The summed E-state index contributed by atoms with van der Waals surface area (Å²) in [4.78, 5) is 11.4. The first-order valence-electron chi connectivity index (χ1n) is 7.23. The third-order valence-electron chi connectivity index (χ3n) is 2.98. The molecule has 0 amide bonds. The Balaban J connectivity index is 2.03. The zero-order valence-electron chi connectivity index (χ0n) is 12.7. The molecule has 118 valence electrons. The lowest BCUT2D eigenvalue weighted by atomic mass is 10.1. The van der Waals surface area contributed by atoms with Gasteiger partial charge in [-0.1, -0.05) is 32.0 Å². The zero-order chi connectivity index (χ0) is 15.5. The summed E-state index contributed by atoms with van der Waals surface area (Å²) in [7, 11) is 0. The van der Waals surface area contributed by atoms with Crippen molar-refractivity contribution in [1.82, 2.24) is 0 Å². The molecule has 0 fully saturated rings. The molecule has 1 rings (SSSR count). The fourth-order valence-corrected chi connectivity index (χ4v) is 1.49. The van der Waals surface area contributed by atoms with Crippen LogP contribution in [0.1, 0.15) is 20.3 Å². The lowest BCUT2D eigenvalue weighted by Gasteiger charge is -2.14. The van der Waals surface area contributed by atoms with Crippen LogP contribution in [-0.2, 0) is 14.3 Å². The van der Waals surface area contributed by atoms with Gasteiger partial charge in [0.15, 0.2) is 0 Å². The van der Waals surface area contributed by atoms with Gasteiger partial charge >= 0.3 is 5.97 Å². The molecule has 21 heavy (non-hydrogen) atoms. The molecule has 0 aliphatic carbocycles. The number of para-hydroxylation sites is 1. The molecule has 1 aromatic rings. The average Bonchev–Trinajstić information content (AvgIpc) is 2.52. The molecule has 2 unspecified atom stereocenters. The Labute approximate surface area is 125 Å². The molecule has 0 aromatic heterocycles. The lowest BCUT2D eigenvalue weighted by Crippen LogP contribution is -2.26. The summed E-state index contributed by atoms with van der Waals surface area (Å²) in [6.45, 7) is 4.56. The molecule has 1 N–H and O–H groups in total. The molecule has 0 aliphatic rings. The summed E-state index contributed by atoms with van der Waals surface area (Å²) in [6.07, 6.45) is -0.0860. The number of carbonyl (C=O) groups is 1. The first-order valence-corrected chi connectivity index (χ1v) is 7.23. The molecule has 5 heteroatoms. The van der Waals surface area contributed by atoms with E-state index in [1.807, 2.05) is 37.3 Å². The highest BCUT2D eigenvalue weighted by atomic mass is 16.6. The van der Waals surface area contributed by atoms with Gasteiger partial charge in [-0.15, -0.1) is 0 Å². The van der Waals surface area contributed by atoms with Crippen LogP contribution in [0.2, 0.25) is 0 Å². The molecule has 0 spiro atoms. The van der Waals surface area contributed by atoms with Crippen LogP contribution < -0.4 is 4.74 Å². The second-order valence-corrected chi connectivity index (χ2v) is 4.83. The van der Waals surface area contributed by atoms with Crippen molar-refractivity contribution >= 4 is 5.97 Å². The highest BCUT2D eigenvalue weighted by Crippen LogP contribution is 2.07. The smallest absolute Gasteiger partial charge is 0.308 e. The van der Waals surface area contributed by atoms with E-state index in [9.17, 15) is 9.90 Å². The minimum atomic E-state index is -0.810. The van der Waals surface area contributed by atoms with Gasteiger partial charge in [0.2, 0.25) is 0 Å². The Morgan fingerprint density at radius 3 is 2.57 bits per heavy atom. The van der Waals surface area contributed by atoms with E-state index in [-0.39, 0.29) is 25.1 Å². The molecule has 0 heterocycles. The van der Waals surface area contributed by atoms with Crippen molar-refractivity contribution in [2.45, 2.75) is 26.4 Å². The molecule has 1 aromatic carbocycles. The van der Waals surface area contributed by atoms with Crippen LogP contribution >= 0.6 is 0 Å². The van der Waals surface area contributed by atoms with Gasteiger partial charge in [-0.3, -0.25) is 4.79 Å². The van der Waals surface area contributed by atoms with E-state index in [1.54, 1.807) is 6.92 Å². The van der Waals surface area contributed by atoms with Crippen molar-refractivity contribution in [3.8, 4) is 5.75 Å². The van der Waals surface area contributed by atoms with Gasteiger partial charge in [0.05, 0.1) is 19.1 Å². The van der Waals surface area contributed by atoms with Gasteiger partial charge in [0.25, 0.3) is 0 Å². The highest BCUT2D eigenvalue weighted by molar-refractivity contribution is 5.71. The van der Waals surface area contributed by atoms with Crippen LogP contribution in [0, 0.1) is 5.92 Å². The van der Waals surface area contributed by atoms with E-state index in [2.05, 4.69) is 0 Å². The van der Waals surface area contributed by atoms with Gasteiger partial charge in [0.1, 0.15) is 25.1 Å². The van der Waals surface area contributed by atoms with Crippen molar-refractivity contribution in [2.24, 2.45) is 5.92 Å². The van der Waals surface area contributed by atoms with Gasteiger partial charge < -0.3 is 19.3 Å². The van der Waals surface area contributed by atoms with E-state index >= 15 is 0 Å². The van der Waals surface area contributed by atoms with Gasteiger partial charge in [0, 0.05) is 0 Å². The van der Waals surface area contributed by atoms with Crippen LogP contribution in [0.15, 0.2) is 30.3 Å². The van der Waals surface area contributed by atoms with Crippen LogP contribution in [-0.4, -0.2) is 43.6 Å². The fourth-order valence-electron chi connectivity index (χ4n) is 1.49. The second kappa shape index (κ2) is 10.2. The summed E-state index contributed by atoms with van der Waals surface area (Å²) in [5.74, 6) is 0.352. The van der Waals surface area contributed by atoms with Crippen molar-refractivity contribution in [1.29, 1.82) is 0 Å². The van der Waals surface area contributed by atoms with Crippen molar-refractivity contribution in [3.05, 3.63) is 30.3 Å². The second-order valence-electron chi connectivity index (χ2n) is 4.83. The molecule has 5 nitrogen and oxygen atoms in total. The van der Waals surface area contributed by atoms with Crippen LogP contribution in [0.4, 0.5) is 0 Å². The van der Waals surface area contributed by atoms with E-state index in [0.717, 1.165) is 12.2 Å². The van der Waals surface area contributed by atoms with E-state index in [4.69, 9.17) is 14.2 Å². The van der Waals surface area contributed by atoms with Crippen LogP contribution in [0.3, 0.4) is 0 Å². The Morgan fingerprint density at radius 2 is 1.90 bits per heavy atom. The number of ether oxygens (including phenoxy) is 3. The molecule has 2 atom stereocenters. The molecule has 0 bridgehead atoms. The fraction of sp³-hybridized carbons (Fsp3) is 0.562. The Kier molecular flexibility index (Phi) is 8.47. The van der Waals surface area contributed by atoms with E-state index < -0.39 is 6.10 Å². The maximum atomic E-state index is 11.4. The number of carbonyl (C=O) groups excluding carboxylic acids is 1. The molecular weight excluding hydrogens is 272 g/mol. The summed E-state index contributed by atoms with van der Waals surface area (Å²) in [5.41, 5.74) is 0. The van der Waals surface area contributed by atoms with Gasteiger partial charge in [-0.05, 0) is 18.6 Å². The predicted octanol–water partition coefficient (Wildman–Crippen LogP) is 2.03. The quantitative estimate of drug-likeness (QED) is 0.528.